The van der Waals surface area contributed by atoms with Crippen LogP contribution in [-0.2, 0) is 32.7 Å². The third-order valence-electron chi connectivity index (χ3n) is 13.4. The highest BCUT2D eigenvalue weighted by molar-refractivity contribution is 7.45. The molecule has 0 bridgehead atoms. The summed E-state index contributed by atoms with van der Waals surface area (Å²) in [4.78, 5) is 37.6. The molecule has 0 aliphatic carbocycles. The molecule has 0 saturated heterocycles. The fourth-order valence-corrected chi connectivity index (χ4v) is 9.57. The molecule has 0 aromatic heterocycles. The van der Waals surface area contributed by atoms with E-state index >= 15 is 0 Å². The Bertz CT molecular complexity index is 1100. The molecule has 0 aliphatic rings. The number of hydrogen-bond donors (Lipinski definition) is 0. The van der Waals surface area contributed by atoms with Crippen molar-refractivity contribution in [3.05, 3.63) is 0 Å². The molecule has 0 spiro atoms. The van der Waals surface area contributed by atoms with Gasteiger partial charge in [0.2, 0.25) is 0 Å². The summed E-state index contributed by atoms with van der Waals surface area (Å²) in [5.41, 5.74) is 0. The molecule has 10 heteroatoms. The van der Waals surface area contributed by atoms with Gasteiger partial charge >= 0.3 is 11.9 Å². The third-order valence-corrected chi connectivity index (χ3v) is 14.3. The summed E-state index contributed by atoms with van der Waals surface area (Å²) in [6.45, 7) is 4.26. The molecule has 0 N–H and O–H groups in total. The maximum atomic E-state index is 12.7. The Kier molecular flexibility index (Phi) is 49.2. The third kappa shape index (κ3) is 54.2. The molecule has 0 rings (SSSR count). The number of ether oxygens (including phenoxy) is 2. The van der Waals surface area contributed by atoms with Crippen molar-refractivity contribution in [2.45, 2.75) is 309 Å². The smallest absolute Gasteiger partial charge is 0.306 e. The van der Waals surface area contributed by atoms with Crippen molar-refractivity contribution in [3.63, 3.8) is 0 Å². The second-order valence-electron chi connectivity index (χ2n) is 21.4. The van der Waals surface area contributed by atoms with E-state index in [1.165, 1.54) is 238 Å². The van der Waals surface area contributed by atoms with Crippen LogP contribution in [0, 0.1) is 0 Å². The second-order valence-corrected chi connectivity index (χ2v) is 22.8. The highest BCUT2D eigenvalue weighted by Crippen LogP contribution is 2.38. The predicted molar refractivity (Wildman–Crippen MR) is 282 cm³/mol. The Hall–Kier alpha value is -0.990. The summed E-state index contributed by atoms with van der Waals surface area (Å²) < 4.78 is 34.0. The van der Waals surface area contributed by atoms with Gasteiger partial charge in [0.25, 0.3) is 7.82 Å². The van der Waals surface area contributed by atoms with Crippen molar-refractivity contribution in [2.24, 2.45) is 0 Å². The molecule has 0 amide bonds. The van der Waals surface area contributed by atoms with Crippen LogP contribution in [0.4, 0.5) is 0 Å². The number of hydrogen-bond acceptors (Lipinski definition) is 8. The molecule has 0 fully saturated rings. The average molecular weight is 973 g/mol. The van der Waals surface area contributed by atoms with Crippen LogP contribution >= 0.6 is 7.82 Å². The van der Waals surface area contributed by atoms with E-state index in [0.717, 1.165) is 32.1 Å². The van der Waals surface area contributed by atoms with Crippen molar-refractivity contribution in [3.8, 4) is 0 Å². The lowest BCUT2D eigenvalue weighted by molar-refractivity contribution is -0.870. The van der Waals surface area contributed by atoms with E-state index in [4.69, 9.17) is 18.5 Å². The van der Waals surface area contributed by atoms with Crippen molar-refractivity contribution < 1.29 is 42.1 Å². The first kappa shape index (κ1) is 66.0. The summed E-state index contributed by atoms with van der Waals surface area (Å²) in [7, 11) is 1.19. The minimum atomic E-state index is -4.62. The van der Waals surface area contributed by atoms with Crippen molar-refractivity contribution in [1.29, 1.82) is 0 Å². The molecule has 400 valence electrons. The van der Waals surface area contributed by atoms with E-state index in [0.29, 0.717) is 17.4 Å². The summed E-state index contributed by atoms with van der Waals surface area (Å²) >= 11 is 0. The Morgan fingerprint density at radius 2 is 0.672 bits per heavy atom. The lowest BCUT2D eigenvalue weighted by atomic mass is 10.0. The number of nitrogens with zero attached hydrogens (tertiary/aromatic N) is 1. The van der Waals surface area contributed by atoms with Gasteiger partial charge in [0.1, 0.15) is 19.8 Å². The first-order valence-electron chi connectivity index (χ1n) is 29.2. The zero-order valence-corrected chi connectivity index (χ0v) is 46.3. The summed E-state index contributed by atoms with van der Waals surface area (Å²) in [5.74, 6) is -0.818. The van der Waals surface area contributed by atoms with Gasteiger partial charge in [-0.15, -0.1) is 0 Å². The number of unbranched alkanes of at least 4 members (excludes halogenated alkanes) is 41. The Balaban J connectivity index is 3.84. The second kappa shape index (κ2) is 50.0. The summed E-state index contributed by atoms with van der Waals surface area (Å²) in [5, 5.41) is 0. The normalized spacial score (nSPS) is 13.2. The van der Waals surface area contributed by atoms with Crippen LogP contribution in [0.25, 0.3) is 0 Å². The largest absolute Gasteiger partial charge is 0.756 e. The molecule has 2 atom stereocenters. The average Bonchev–Trinajstić information content (AvgIpc) is 3.29. The van der Waals surface area contributed by atoms with Gasteiger partial charge in [0, 0.05) is 12.8 Å². The number of phosphoric ester groups is 1. The van der Waals surface area contributed by atoms with Gasteiger partial charge in [0.15, 0.2) is 6.10 Å². The lowest BCUT2D eigenvalue weighted by Crippen LogP contribution is -2.37. The first-order chi connectivity index (χ1) is 32.5. The number of esters is 2. The topological polar surface area (TPSA) is 111 Å². The molecule has 0 aromatic rings. The highest BCUT2D eigenvalue weighted by Gasteiger charge is 2.22. The molecular formula is C57H114NO8P. The van der Waals surface area contributed by atoms with Crippen molar-refractivity contribution >= 4 is 19.8 Å². The van der Waals surface area contributed by atoms with E-state index in [-0.39, 0.29) is 32.0 Å². The highest BCUT2D eigenvalue weighted by atomic mass is 31.2. The van der Waals surface area contributed by atoms with Gasteiger partial charge in [-0.1, -0.05) is 277 Å². The van der Waals surface area contributed by atoms with Crippen LogP contribution in [0.2, 0.25) is 0 Å². The van der Waals surface area contributed by atoms with Crippen molar-refractivity contribution in [2.75, 3.05) is 47.5 Å². The molecule has 0 aromatic carbocycles. The quantitative estimate of drug-likeness (QED) is 0.0256. The molecule has 9 nitrogen and oxygen atoms in total. The monoisotopic (exact) mass is 972 g/mol. The zero-order chi connectivity index (χ0) is 49.2. The number of quaternary nitrogens is 1. The van der Waals surface area contributed by atoms with Gasteiger partial charge in [-0.2, -0.15) is 0 Å². The molecule has 2 unspecified atom stereocenters. The fourth-order valence-electron chi connectivity index (χ4n) is 8.84. The molecule has 0 radical (unpaired) electrons. The number of carbonyl (C=O) groups is 2. The zero-order valence-electron chi connectivity index (χ0n) is 45.4. The number of phosphoric acid groups is 1. The fraction of sp³-hybridized carbons (Fsp3) is 0.965. The minimum Gasteiger partial charge on any atom is -0.756 e. The van der Waals surface area contributed by atoms with E-state index in [9.17, 15) is 19.0 Å². The van der Waals surface area contributed by atoms with Crippen LogP contribution in [0.15, 0.2) is 0 Å². The Labute approximate surface area is 416 Å². The molecule has 67 heavy (non-hydrogen) atoms. The van der Waals surface area contributed by atoms with Crippen LogP contribution in [0.1, 0.15) is 303 Å². The van der Waals surface area contributed by atoms with Crippen molar-refractivity contribution in [1.82, 2.24) is 0 Å². The molecule has 0 saturated carbocycles. The van der Waals surface area contributed by atoms with Crippen LogP contribution < -0.4 is 4.89 Å². The standard InChI is InChI=1S/C57H114NO8P/c1-6-8-10-12-14-16-17-18-19-20-21-22-23-24-25-26-27-28-29-30-31-32-33-34-35-36-37-38-39-40-42-44-46-48-50-57(60)66-55(54-65-67(61,62)64-52-51-58(3,4)5)53-63-56(59)49-47-45-43-41-15-13-11-9-7-2/h55H,6-54H2,1-5H3. The number of rotatable bonds is 55. The van der Waals surface area contributed by atoms with Gasteiger partial charge in [-0.3, -0.25) is 14.2 Å². The van der Waals surface area contributed by atoms with Gasteiger partial charge in [-0.25, -0.2) is 0 Å². The van der Waals surface area contributed by atoms with E-state index in [1.807, 2.05) is 21.1 Å². The van der Waals surface area contributed by atoms with Gasteiger partial charge < -0.3 is 27.9 Å². The Morgan fingerprint density at radius 1 is 0.403 bits per heavy atom. The lowest BCUT2D eigenvalue weighted by Gasteiger charge is -2.28. The maximum absolute atomic E-state index is 12.7. The van der Waals surface area contributed by atoms with Crippen LogP contribution in [0.3, 0.4) is 0 Å². The van der Waals surface area contributed by atoms with Crippen LogP contribution in [0.5, 0.6) is 0 Å². The Morgan fingerprint density at radius 3 is 0.955 bits per heavy atom. The summed E-state index contributed by atoms with van der Waals surface area (Å²) in [6.07, 6.45) is 56.3. The van der Waals surface area contributed by atoms with E-state index in [1.54, 1.807) is 0 Å². The van der Waals surface area contributed by atoms with E-state index in [2.05, 4.69) is 13.8 Å². The SMILES string of the molecule is CCCCCCCCCCCCCCCCCCCCCCCCCCCCCCCCCCCCC(=O)OC(COC(=O)CCCCCCCCCCC)COP(=O)([O-])OCC[N+](C)(C)C. The van der Waals surface area contributed by atoms with Crippen LogP contribution in [-0.4, -0.2) is 70.0 Å². The molecule has 0 heterocycles. The predicted octanol–water partition coefficient (Wildman–Crippen LogP) is 17.2. The van der Waals surface area contributed by atoms with E-state index < -0.39 is 26.5 Å². The number of likely N-dealkylation sites (N-methyl/N-ethyl adjacent to an activating group) is 1. The molecular weight excluding hydrogens is 858 g/mol. The summed E-state index contributed by atoms with van der Waals surface area (Å²) in [6, 6.07) is 0. The minimum absolute atomic E-state index is 0.0256. The van der Waals surface area contributed by atoms with Gasteiger partial charge in [-0.05, 0) is 12.8 Å². The maximum Gasteiger partial charge on any atom is 0.306 e. The molecule has 0 aliphatic heterocycles. The number of carbonyl (C=O) groups excluding carboxylic acids is 2. The van der Waals surface area contributed by atoms with Gasteiger partial charge in [0.05, 0.1) is 27.7 Å². The first-order valence-corrected chi connectivity index (χ1v) is 30.7.